The van der Waals surface area contributed by atoms with Crippen LogP contribution in [-0.2, 0) is 7.05 Å². The predicted molar refractivity (Wildman–Crippen MR) is 63.9 cm³/mol. The molecule has 0 saturated heterocycles. The summed E-state index contributed by atoms with van der Waals surface area (Å²) in [5.74, 6) is 0.342. The molecule has 0 fully saturated rings. The van der Waals surface area contributed by atoms with Crippen LogP contribution in [0.5, 0.6) is 0 Å². The lowest BCUT2D eigenvalue weighted by molar-refractivity contribution is -0.385. The summed E-state index contributed by atoms with van der Waals surface area (Å²) < 4.78 is 1.74. The van der Waals surface area contributed by atoms with E-state index in [9.17, 15) is 10.1 Å². The summed E-state index contributed by atoms with van der Waals surface area (Å²) in [6, 6.07) is 1.84. The summed E-state index contributed by atoms with van der Waals surface area (Å²) in [5.41, 5.74) is 0.839. The van der Waals surface area contributed by atoms with Crippen molar-refractivity contribution in [2.45, 2.75) is 13.0 Å². The van der Waals surface area contributed by atoms with Crippen molar-refractivity contribution in [3.63, 3.8) is 0 Å². The highest BCUT2D eigenvalue weighted by Gasteiger charge is 2.12. The second-order valence-electron chi connectivity index (χ2n) is 3.77. The van der Waals surface area contributed by atoms with Crippen molar-refractivity contribution in [3.8, 4) is 0 Å². The van der Waals surface area contributed by atoms with Crippen LogP contribution in [0.3, 0.4) is 0 Å². The standard InChI is InChI=1S/C10H12N6O2/c1-7(9-3-4-13-15(9)2)14-10-11-5-8(6-12-10)16(17)18/h3-7H,1-2H3,(H,11,12,14). The molecule has 0 bridgehead atoms. The van der Waals surface area contributed by atoms with E-state index in [1.54, 1.807) is 10.9 Å². The smallest absolute Gasteiger partial charge is 0.305 e. The fourth-order valence-electron chi connectivity index (χ4n) is 1.57. The van der Waals surface area contributed by atoms with Crippen LogP contribution >= 0.6 is 0 Å². The van der Waals surface area contributed by atoms with Crippen LogP contribution in [0.2, 0.25) is 0 Å². The fraction of sp³-hybridized carbons (Fsp3) is 0.300. The normalized spacial score (nSPS) is 12.1. The molecule has 0 aliphatic rings. The average molecular weight is 248 g/mol. The molecule has 0 spiro atoms. The molecule has 94 valence electrons. The minimum atomic E-state index is -0.533. The molecule has 2 rings (SSSR count). The van der Waals surface area contributed by atoms with E-state index in [0.717, 1.165) is 5.69 Å². The lowest BCUT2D eigenvalue weighted by atomic mass is 10.2. The van der Waals surface area contributed by atoms with Crippen LogP contribution in [0.15, 0.2) is 24.7 Å². The first-order valence-corrected chi connectivity index (χ1v) is 5.29. The van der Waals surface area contributed by atoms with E-state index in [-0.39, 0.29) is 11.7 Å². The van der Waals surface area contributed by atoms with Gasteiger partial charge in [-0.1, -0.05) is 0 Å². The van der Waals surface area contributed by atoms with E-state index < -0.39 is 4.92 Å². The van der Waals surface area contributed by atoms with Crippen molar-refractivity contribution in [2.24, 2.45) is 7.05 Å². The molecule has 2 heterocycles. The van der Waals surface area contributed by atoms with Gasteiger partial charge in [-0.25, -0.2) is 9.97 Å². The molecule has 0 aliphatic heterocycles. The first-order valence-electron chi connectivity index (χ1n) is 5.29. The van der Waals surface area contributed by atoms with Gasteiger partial charge in [0.05, 0.1) is 16.7 Å². The zero-order valence-corrected chi connectivity index (χ0v) is 9.94. The minimum Gasteiger partial charge on any atom is -0.346 e. The number of hydrogen-bond donors (Lipinski definition) is 1. The Labute approximate surface area is 103 Å². The molecule has 2 aromatic rings. The third kappa shape index (κ3) is 2.42. The van der Waals surface area contributed by atoms with Crippen molar-refractivity contribution >= 4 is 11.6 Å². The lowest BCUT2D eigenvalue weighted by Gasteiger charge is -2.13. The van der Waals surface area contributed by atoms with Gasteiger partial charge in [0.15, 0.2) is 0 Å². The quantitative estimate of drug-likeness (QED) is 0.646. The number of hydrogen-bond acceptors (Lipinski definition) is 6. The summed E-state index contributed by atoms with van der Waals surface area (Å²) >= 11 is 0. The average Bonchev–Trinajstić information content (AvgIpc) is 2.76. The van der Waals surface area contributed by atoms with Crippen LogP contribution in [0.4, 0.5) is 11.6 Å². The topological polar surface area (TPSA) is 98.8 Å². The van der Waals surface area contributed by atoms with Gasteiger partial charge in [-0.2, -0.15) is 5.10 Å². The van der Waals surface area contributed by atoms with Gasteiger partial charge in [-0.3, -0.25) is 14.8 Å². The van der Waals surface area contributed by atoms with Gasteiger partial charge >= 0.3 is 5.69 Å². The second kappa shape index (κ2) is 4.78. The number of rotatable bonds is 4. The Hall–Kier alpha value is -2.51. The SMILES string of the molecule is CC(Nc1ncc([N+](=O)[O-])cn1)c1ccnn1C. The Morgan fingerprint density at radius 1 is 1.44 bits per heavy atom. The van der Waals surface area contributed by atoms with Gasteiger partial charge in [0.1, 0.15) is 12.4 Å². The molecule has 0 saturated carbocycles. The molecule has 0 aliphatic carbocycles. The Bertz CT molecular complexity index is 550. The van der Waals surface area contributed by atoms with E-state index in [2.05, 4.69) is 20.4 Å². The zero-order chi connectivity index (χ0) is 13.1. The summed E-state index contributed by atoms with van der Waals surface area (Å²) in [4.78, 5) is 17.7. The van der Waals surface area contributed by atoms with Gasteiger partial charge in [0.2, 0.25) is 5.95 Å². The summed E-state index contributed by atoms with van der Waals surface area (Å²) in [5, 5.41) is 17.6. The van der Waals surface area contributed by atoms with Crippen LogP contribution in [0.25, 0.3) is 0 Å². The number of aromatic nitrogens is 4. The highest BCUT2D eigenvalue weighted by Crippen LogP contribution is 2.16. The first-order chi connectivity index (χ1) is 8.58. The maximum absolute atomic E-state index is 10.5. The molecule has 1 unspecified atom stereocenters. The van der Waals surface area contributed by atoms with Crippen LogP contribution < -0.4 is 5.32 Å². The molecule has 18 heavy (non-hydrogen) atoms. The molecule has 2 aromatic heterocycles. The van der Waals surface area contributed by atoms with Gasteiger partial charge in [0.25, 0.3) is 0 Å². The highest BCUT2D eigenvalue weighted by molar-refractivity contribution is 5.32. The minimum absolute atomic E-state index is 0.0426. The number of nitrogens with one attached hydrogen (secondary N) is 1. The van der Waals surface area contributed by atoms with E-state index in [4.69, 9.17) is 0 Å². The van der Waals surface area contributed by atoms with E-state index in [0.29, 0.717) is 5.95 Å². The number of nitro groups is 1. The number of aryl methyl sites for hydroxylation is 1. The van der Waals surface area contributed by atoms with Crippen LogP contribution in [0.1, 0.15) is 18.7 Å². The van der Waals surface area contributed by atoms with E-state index >= 15 is 0 Å². The molecule has 0 amide bonds. The van der Waals surface area contributed by atoms with E-state index in [1.807, 2.05) is 20.0 Å². The van der Waals surface area contributed by atoms with Crippen molar-refractivity contribution in [1.82, 2.24) is 19.7 Å². The Balaban J connectivity index is 2.10. The lowest BCUT2D eigenvalue weighted by Crippen LogP contribution is -2.13. The number of anilines is 1. The van der Waals surface area contributed by atoms with Crippen molar-refractivity contribution in [2.75, 3.05) is 5.32 Å². The van der Waals surface area contributed by atoms with Crippen LogP contribution in [-0.4, -0.2) is 24.7 Å². The largest absolute Gasteiger partial charge is 0.346 e. The van der Waals surface area contributed by atoms with Gasteiger partial charge in [-0.15, -0.1) is 0 Å². The molecule has 8 nitrogen and oxygen atoms in total. The maximum atomic E-state index is 10.5. The monoisotopic (exact) mass is 248 g/mol. The Kier molecular flexibility index (Phi) is 3.18. The Morgan fingerprint density at radius 2 is 2.11 bits per heavy atom. The molecule has 0 radical (unpaired) electrons. The second-order valence-corrected chi connectivity index (χ2v) is 3.77. The number of nitrogens with zero attached hydrogens (tertiary/aromatic N) is 5. The Morgan fingerprint density at radius 3 is 2.61 bits per heavy atom. The maximum Gasteiger partial charge on any atom is 0.305 e. The first kappa shape index (κ1) is 12.0. The molecule has 8 heteroatoms. The molecule has 0 aromatic carbocycles. The van der Waals surface area contributed by atoms with Gasteiger partial charge < -0.3 is 5.32 Å². The molecular weight excluding hydrogens is 236 g/mol. The summed E-state index contributed by atoms with van der Waals surface area (Å²) in [7, 11) is 1.84. The van der Waals surface area contributed by atoms with Crippen molar-refractivity contribution < 1.29 is 4.92 Å². The van der Waals surface area contributed by atoms with Gasteiger partial charge in [0, 0.05) is 13.2 Å². The highest BCUT2D eigenvalue weighted by atomic mass is 16.6. The molecule has 1 atom stereocenters. The summed E-state index contributed by atoms with van der Waals surface area (Å²) in [6.45, 7) is 1.93. The van der Waals surface area contributed by atoms with Crippen LogP contribution in [0, 0.1) is 10.1 Å². The third-order valence-electron chi connectivity index (χ3n) is 2.50. The zero-order valence-electron chi connectivity index (χ0n) is 9.94. The van der Waals surface area contributed by atoms with Crippen molar-refractivity contribution in [3.05, 3.63) is 40.5 Å². The molecular formula is C10H12N6O2. The molecule has 1 N–H and O–H groups in total. The summed E-state index contributed by atoms with van der Waals surface area (Å²) in [6.07, 6.45) is 4.04. The predicted octanol–water partition coefficient (Wildman–Crippen LogP) is 1.29. The van der Waals surface area contributed by atoms with Gasteiger partial charge in [-0.05, 0) is 13.0 Å². The van der Waals surface area contributed by atoms with Crippen molar-refractivity contribution in [1.29, 1.82) is 0 Å². The third-order valence-corrected chi connectivity index (χ3v) is 2.50. The fourth-order valence-corrected chi connectivity index (χ4v) is 1.57. The van der Waals surface area contributed by atoms with E-state index in [1.165, 1.54) is 12.4 Å².